The molecule has 1 amide bonds. The van der Waals surface area contributed by atoms with Gasteiger partial charge in [-0.2, -0.15) is 13.2 Å². The highest BCUT2D eigenvalue weighted by molar-refractivity contribution is 5.79. The Kier molecular flexibility index (Phi) is 5.31. The Bertz CT molecular complexity index is 772. The van der Waals surface area contributed by atoms with E-state index in [2.05, 4.69) is 10.3 Å². The lowest BCUT2D eigenvalue weighted by Crippen LogP contribution is -2.33. The van der Waals surface area contributed by atoms with Crippen molar-refractivity contribution in [3.05, 3.63) is 53.6 Å². The van der Waals surface area contributed by atoms with Crippen molar-refractivity contribution in [1.82, 2.24) is 19.8 Å². The lowest BCUT2D eigenvalue weighted by Gasteiger charge is -2.20. The largest absolute Gasteiger partial charge is 0.416 e. The normalized spacial score (nSPS) is 17.9. The zero-order valence-corrected chi connectivity index (χ0v) is 14.5. The molecule has 3 rings (SSSR count). The van der Waals surface area contributed by atoms with Crippen molar-refractivity contribution in [3.63, 3.8) is 0 Å². The molecule has 0 saturated carbocycles. The quantitative estimate of drug-likeness (QED) is 0.855. The summed E-state index contributed by atoms with van der Waals surface area (Å²) in [7, 11) is 0. The van der Waals surface area contributed by atoms with Gasteiger partial charge in [0.15, 0.2) is 0 Å². The second-order valence-electron chi connectivity index (χ2n) is 6.34. The van der Waals surface area contributed by atoms with Crippen LogP contribution in [0.3, 0.4) is 0 Å². The number of hydrogen-bond donors (Lipinski definition) is 1. The molecule has 26 heavy (non-hydrogen) atoms. The van der Waals surface area contributed by atoms with Crippen LogP contribution in [0.25, 0.3) is 0 Å². The minimum atomic E-state index is -4.42. The van der Waals surface area contributed by atoms with E-state index in [9.17, 15) is 18.0 Å². The zero-order chi connectivity index (χ0) is 18.7. The van der Waals surface area contributed by atoms with Gasteiger partial charge in [-0.05, 0) is 18.6 Å². The third-order valence-corrected chi connectivity index (χ3v) is 4.59. The van der Waals surface area contributed by atoms with E-state index in [0.717, 1.165) is 18.4 Å². The molecule has 2 heterocycles. The highest BCUT2D eigenvalue weighted by atomic mass is 19.4. The van der Waals surface area contributed by atoms with Crippen molar-refractivity contribution in [2.75, 3.05) is 6.54 Å². The van der Waals surface area contributed by atoms with Gasteiger partial charge in [0, 0.05) is 44.5 Å². The Morgan fingerprint density at radius 1 is 1.31 bits per heavy atom. The van der Waals surface area contributed by atoms with Crippen LogP contribution in [0.2, 0.25) is 0 Å². The first-order valence-corrected chi connectivity index (χ1v) is 8.54. The fourth-order valence-electron chi connectivity index (χ4n) is 3.23. The molecule has 1 aliphatic heterocycles. The number of amides is 1. The second-order valence-corrected chi connectivity index (χ2v) is 6.34. The highest BCUT2D eigenvalue weighted by Gasteiger charge is 2.35. The van der Waals surface area contributed by atoms with Gasteiger partial charge in [-0.25, -0.2) is 4.98 Å². The summed E-state index contributed by atoms with van der Waals surface area (Å²) in [4.78, 5) is 18.0. The van der Waals surface area contributed by atoms with E-state index in [4.69, 9.17) is 0 Å². The number of nitrogens with zero attached hydrogens (tertiary/aromatic N) is 3. The molecule has 0 spiro atoms. The van der Waals surface area contributed by atoms with E-state index >= 15 is 0 Å². The van der Waals surface area contributed by atoms with E-state index in [1.807, 2.05) is 17.7 Å². The van der Waals surface area contributed by atoms with Gasteiger partial charge in [0.05, 0.1) is 12.1 Å². The van der Waals surface area contributed by atoms with E-state index in [-0.39, 0.29) is 30.5 Å². The molecule has 1 atom stereocenters. The number of imidazole rings is 1. The van der Waals surface area contributed by atoms with Crippen molar-refractivity contribution in [2.24, 2.45) is 0 Å². The minimum Gasteiger partial charge on any atom is -0.337 e. The van der Waals surface area contributed by atoms with Gasteiger partial charge < -0.3 is 14.8 Å². The van der Waals surface area contributed by atoms with Crippen molar-refractivity contribution < 1.29 is 18.0 Å². The van der Waals surface area contributed by atoms with Gasteiger partial charge in [0.25, 0.3) is 0 Å². The Labute approximate surface area is 149 Å². The number of aromatic nitrogens is 2. The van der Waals surface area contributed by atoms with Crippen LogP contribution < -0.4 is 5.32 Å². The molecule has 0 bridgehead atoms. The van der Waals surface area contributed by atoms with Gasteiger partial charge in [-0.1, -0.05) is 18.2 Å². The standard InChI is InChI=1S/C18H21F3N4O/c1-2-24-8-7-22-16(24)10-23-14-9-17(26)25(12-14)11-13-5-3-4-6-15(13)18(19,20)21/h3-8,14,23H,2,9-12H2,1H3/t14-/m1/s1. The topological polar surface area (TPSA) is 50.2 Å². The monoisotopic (exact) mass is 366 g/mol. The number of carbonyl (C=O) groups is 1. The zero-order valence-electron chi connectivity index (χ0n) is 14.5. The van der Waals surface area contributed by atoms with Crippen LogP contribution in [0.4, 0.5) is 13.2 Å². The molecule has 0 unspecified atom stereocenters. The van der Waals surface area contributed by atoms with Crippen molar-refractivity contribution in [2.45, 2.75) is 45.2 Å². The number of likely N-dealkylation sites (tertiary alicyclic amines) is 1. The number of halogens is 3. The maximum absolute atomic E-state index is 13.1. The SMILES string of the molecule is CCn1ccnc1CN[C@@H]1CC(=O)N(Cc2ccccc2C(F)(F)F)C1. The summed E-state index contributed by atoms with van der Waals surface area (Å²) in [6.45, 7) is 3.70. The highest BCUT2D eigenvalue weighted by Crippen LogP contribution is 2.32. The van der Waals surface area contributed by atoms with Crippen LogP contribution in [0.5, 0.6) is 0 Å². The van der Waals surface area contributed by atoms with Crippen LogP contribution >= 0.6 is 0 Å². The van der Waals surface area contributed by atoms with Gasteiger partial charge in [-0.3, -0.25) is 4.79 Å². The molecule has 1 aliphatic rings. The van der Waals surface area contributed by atoms with Crippen molar-refractivity contribution >= 4 is 5.91 Å². The number of nitrogens with one attached hydrogen (secondary N) is 1. The maximum Gasteiger partial charge on any atom is 0.416 e. The van der Waals surface area contributed by atoms with Gasteiger partial charge in [0.1, 0.15) is 5.82 Å². The summed E-state index contributed by atoms with van der Waals surface area (Å²) in [5.41, 5.74) is -0.565. The maximum atomic E-state index is 13.1. The molecule has 1 saturated heterocycles. The summed E-state index contributed by atoms with van der Waals surface area (Å²) >= 11 is 0. The Morgan fingerprint density at radius 3 is 2.81 bits per heavy atom. The first-order chi connectivity index (χ1) is 12.4. The number of alkyl halides is 3. The molecule has 1 aromatic carbocycles. The third kappa shape index (κ3) is 4.07. The molecular weight excluding hydrogens is 345 g/mol. The smallest absolute Gasteiger partial charge is 0.337 e. The summed E-state index contributed by atoms with van der Waals surface area (Å²) in [6.07, 6.45) is -0.535. The Morgan fingerprint density at radius 2 is 2.08 bits per heavy atom. The predicted molar refractivity (Wildman–Crippen MR) is 90.0 cm³/mol. The number of aryl methyl sites for hydroxylation is 1. The fraction of sp³-hybridized carbons (Fsp3) is 0.444. The van der Waals surface area contributed by atoms with Crippen LogP contribution in [0.1, 0.15) is 30.3 Å². The Balaban J connectivity index is 1.62. The number of hydrogen-bond acceptors (Lipinski definition) is 3. The minimum absolute atomic E-state index is 0.0315. The first kappa shape index (κ1) is 18.4. The summed E-state index contributed by atoms with van der Waals surface area (Å²) < 4.78 is 41.4. The molecule has 1 N–H and O–H groups in total. The summed E-state index contributed by atoms with van der Waals surface area (Å²) in [6, 6.07) is 5.30. The van der Waals surface area contributed by atoms with Crippen LogP contribution in [0, 0.1) is 0 Å². The van der Waals surface area contributed by atoms with E-state index in [1.165, 1.54) is 17.0 Å². The van der Waals surface area contributed by atoms with Crippen molar-refractivity contribution in [1.29, 1.82) is 0 Å². The van der Waals surface area contributed by atoms with Gasteiger partial charge >= 0.3 is 6.18 Å². The van der Waals surface area contributed by atoms with Gasteiger partial charge in [-0.15, -0.1) is 0 Å². The number of rotatable bonds is 6. The second kappa shape index (κ2) is 7.49. The molecule has 8 heteroatoms. The van der Waals surface area contributed by atoms with E-state index in [1.54, 1.807) is 12.3 Å². The number of benzene rings is 1. The molecule has 2 aromatic rings. The average Bonchev–Trinajstić information content (AvgIpc) is 3.19. The van der Waals surface area contributed by atoms with Crippen LogP contribution in [0.15, 0.2) is 36.7 Å². The lowest BCUT2D eigenvalue weighted by molar-refractivity contribution is -0.139. The summed E-state index contributed by atoms with van der Waals surface area (Å²) in [5, 5.41) is 3.28. The first-order valence-electron chi connectivity index (χ1n) is 8.54. The number of carbonyl (C=O) groups excluding carboxylic acids is 1. The van der Waals surface area contributed by atoms with Gasteiger partial charge in [0.2, 0.25) is 5.91 Å². The van der Waals surface area contributed by atoms with E-state index < -0.39 is 11.7 Å². The summed E-state index contributed by atoms with van der Waals surface area (Å²) in [5.74, 6) is 0.735. The molecular formula is C18H21F3N4O. The third-order valence-electron chi connectivity index (χ3n) is 4.59. The lowest BCUT2D eigenvalue weighted by atomic mass is 10.1. The molecule has 0 radical (unpaired) electrons. The fourth-order valence-corrected chi connectivity index (χ4v) is 3.23. The molecule has 5 nitrogen and oxygen atoms in total. The molecule has 0 aliphatic carbocycles. The average molecular weight is 366 g/mol. The van der Waals surface area contributed by atoms with E-state index in [0.29, 0.717) is 13.1 Å². The molecule has 1 aromatic heterocycles. The van der Waals surface area contributed by atoms with Crippen molar-refractivity contribution in [3.8, 4) is 0 Å². The van der Waals surface area contributed by atoms with Crippen LogP contribution in [-0.2, 0) is 30.6 Å². The van der Waals surface area contributed by atoms with Crippen LogP contribution in [-0.4, -0.2) is 32.9 Å². The Hall–Kier alpha value is -2.35. The molecule has 140 valence electrons. The molecule has 1 fully saturated rings. The predicted octanol–water partition coefficient (Wildman–Crippen LogP) is 2.81.